The van der Waals surface area contributed by atoms with Crippen LogP contribution in [0, 0.1) is 6.92 Å². The van der Waals surface area contributed by atoms with Gasteiger partial charge in [0.2, 0.25) is 0 Å². The van der Waals surface area contributed by atoms with E-state index in [1.165, 1.54) is 18.2 Å². The van der Waals surface area contributed by atoms with E-state index in [1.807, 2.05) is 32.9 Å². The molecule has 7 heteroatoms. The summed E-state index contributed by atoms with van der Waals surface area (Å²) in [6.07, 6.45) is 0. The maximum Gasteiger partial charge on any atom is 0.340 e. The lowest BCUT2D eigenvalue weighted by atomic mass is 9.87. The fourth-order valence-electron chi connectivity index (χ4n) is 4.27. The average Bonchev–Trinajstić information content (AvgIpc) is 3.04. The third kappa shape index (κ3) is 4.19. The molecule has 0 spiro atoms. The molecule has 0 aliphatic heterocycles. The van der Waals surface area contributed by atoms with Crippen LogP contribution >= 0.6 is 11.6 Å². The Morgan fingerprint density at radius 3 is 2.38 bits per heavy atom. The Bertz CT molecular complexity index is 1160. The smallest absolute Gasteiger partial charge is 0.340 e. The first-order valence-electron chi connectivity index (χ1n) is 10.7. The van der Waals surface area contributed by atoms with E-state index < -0.39 is 17.9 Å². The van der Waals surface area contributed by atoms with E-state index in [2.05, 4.69) is 4.57 Å². The van der Waals surface area contributed by atoms with Gasteiger partial charge < -0.3 is 19.1 Å². The van der Waals surface area contributed by atoms with Crippen LogP contribution < -0.4 is 0 Å². The summed E-state index contributed by atoms with van der Waals surface area (Å²) in [5, 5.41) is 11.0. The number of carbonyl (C=O) groups excluding carboxylic acids is 2. The van der Waals surface area contributed by atoms with Crippen molar-refractivity contribution >= 4 is 34.4 Å². The van der Waals surface area contributed by atoms with Gasteiger partial charge in [-0.05, 0) is 70.0 Å². The van der Waals surface area contributed by atoms with Crippen LogP contribution in [-0.2, 0) is 14.3 Å². The third-order valence-electron chi connectivity index (χ3n) is 5.43. The van der Waals surface area contributed by atoms with Gasteiger partial charge in [-0.2, -0.15) is 0 Å². The van der Waals surface area contributed by atoms with Crippen molar-refractivity contribution in [2.24, 2.45) is 0 Å². The minimum absolute atomic E-state index is 0.0209. The highest BCUT2D eigenvalue weighted by Crippen LogP contribution is 2.40. The fourth-order valence-corrected chi connectivity index (χ4v) is 4.50. The number of esters is 2. The van der Waals surface area contributed by atoms with Crippen LogP contribution in [0.3, 0.4) is 0 Å². The number of hydrogen-bond donors (Lipinski definition) is 1. The summed E-state index contributed by atoms with van der Waals surface area (Å²) in [4.78, 5) is 26.2. The lowest BCUT2D eigenvalue weighted by Gasteiger charge is -2.20. The summed E-state index contributed by atoms with van der Waals surface area (Å²) in [5.74, 6) is -1.93. The largest absolute Gasteiger partial charge is 0.508 e. The molecule has 0 saturated carbocycles. The van der Waals surface area contributed by atoms with Gasteiger partial charge in [0.15, 0.2) is 0 Å². The molecule has 1 aromatic heterocycles. The summed E-state index contributed by atoms with van der Waals surface area (Å²) in [6, 6.07) is 10.1. The molecule has 170 valence electrons. The van der Waals surface area contributed by atoms with Crippen LogP contribution in [0.2, 0.25) is 5.02 Å². The van der Waals surface area contributed by atoms with Crippen LogP contribution in [0.5, 0.6) is 5.75 Å². The van der Waals surface area contributed by atoms with Crippen molar-refractivity contribution in [2.75, 3.05) is 13.2 Å². The monoisotopic (exact) mass is 457 g/mol. The predicted molar refractivity (Wildman–Crippen MR) is 125 cm³/mol. The molecule has 0 fully saturated rings. The van der Waals surface area contributed by atoms with Crippen molar-refractivity contribution < 1.29 is 24.2 Å². The number of carbonyl (C=O) groups is 2. The lowest BCUT2D eigenvalue weighted by molar-refractivity contribution is -0.143. The zero-order chi connectivity index (χ0) is 23.6. The minimum atomic E-state index is -0.936. The Balaban J connectivity index is 2.43. The number of benzene rings is 2. The number of phenolic OH excluding ortho intramolecular Hbond substituents is 1. The maximum absolute atomic E-state index is 13.2. The summed E-state index contributed by atoms with van der Waals surface area (Å²) in [5.41, 5.74) is 2.95. The van der Waals surface area contributed by atoms with Crippen molar-refractivity contribution in [1.82, 2.24) is 4.57 Å². The van der Waals surface area contributed by atoms with Crippen molar-refractivity contribution in [3.05, 3.63) is 63.8 Å². The topological polar surface area (TPSA) is 77.8 Å². The second kappa shape index (κ2) is 9.65. The van der Waals surface area contributed by atoms with Crippen molar-refractivity contribution in [3.8, 4) is 5.75 Å². The van der Waals surface area contributed by atoms with Crippen LogP contribution in [0.1, 0.15) is 66.8 Å². The molecular weight excluding hydrogens is 430 g/mol. The number of phenols is 1. The molecule has 1 unspecified atom stereocenters. The molecular formula is C25H28ClNO5. The standard InChI is InChI=1S/C25H28ClNO5/c1-6-31-24(29)21-15(5)27(14(3)4)20-10-8-9-17(23(20)21)22(25(30)32-7-2)18-13-16(28)11-12-19(18)26/h8-14,22,28H,6-7H2,1-5H3. The Kier molecular flexibility index (Phi) is 7.14. The zero-order valence-electron chi connectivity index (χ0n) is 18.9. The fraction of sp³-hybridized carbons (Fsp3) is 0.360. The second-order valence-corrected chi connectivity index (χ2v) is 8.18. The van der Waals surface area contributed by atoms with Gasteiger partial charge >= 0.3 is 11.9 Å². The van der Waals surface area contributed by atoms with Gasteiger partial charge in [0, 0.05) is 27.7 Å². The molecule has 0 aliphatic rings. The number of nitrogens with zero attached hydrogens (tertiary/aromatic N) is 1. The molecule has 0 radical (unpaired) electrons. The number of rotatable bonds is 7. The Morgan fingerprint density at radius 1 is 1.06 bits per heavy atom. The number of aromatic nitrogens is 1. The first-order valence-corrected chi connectivity index (χ1v) is 11.1. The number of fused-ring (bicyclic) bond motifs is 1. The number of ether oxygens (including phenoxy) is 2. The number of aromatic hydroxyl groups is 1. The highest BCUT2D eigenvalue weighted by Gasteiger charge is 2.32. The number of halogens is 1. The number of hydrogen-bond acceptors (Lipinski definition) is 5. The van der Waals surface area contributed by atoms with Crippen LogP contribution in [-0.4, -0.2) is 34.8 Å². The summed E-state index contributed by atoms with van der Waals surface area (Å²) in [6.45, 7) is 9.82. The molecule has 0 aliphatic carbocycles. The van der Waals surface area contributed by atoms with Gasteiger partial charge in [-0.3, -0.25) is 4.79 Å². The van der Waals surface area contributed by atoms with E-state index >= 15 is 0 Å². The maximum atomic E-state index is 13.2. The summed E-state index contributed by atoms with van der Waals surface area (Å²) in [7, 11) is 0. The van der Waals surface area contributed by atoms with Crippen LogP contribution in [0.25, 0.3) is 10.9 Å². The first kappa shape index (κ1) is 23.7. The molecule has 2 aromatic carbocycles. The Labute approximate surface area is 192 Å². The molecule has 0 saturated heterocycles. The van der Waals surface area contributed by atoms with E-state index in [9.17, 15) is 14.7 Å². The highest BCUT2D eigenvalue weighted by molar-refractivity contribution is 6.31. The lowest BCUT2D eigenvalue weighted by Crippen LogP contribution is -2.18. The molecule has 6 nitrogen and oxygen atoms in total. The van der Waals surface area contributed by atoms with E-state index in [-0.39, 0.29) is 25.0 Å². The predicted octanol–water partition coefficient (Wildman–Crippen LogP) is 5.76. The molecule has 1 heterocycles. The molecule has 32 heavy (non-hydrogen) atoms. The molecule has 3 rings (SSSR count). The summed E-state index contributed by atoms with van der Waals surface area (Å²) < 4.78 is 12.8. The molecule has 3 aromatic rings. The van der Waals surface area contributed by atoms with Gasteiger partial charge in [-0.1, -0.05) is 23.7 Å². The highest BCUT2D eigenvalue weighted by atomic mass is 35.5. The third-order valence-corrected chi connectivity index (χ3v) is 5.77. The first-order chi connectivity index (χ1) is 15.2. The van der Waals surface area contributed by atoms with E-state index in [0.29, 0.717) is 27.1 Å². The minimum Gasteiger partial charge on any atom is -0.508 e. The Hall–Kier alpha value is -2.99. The zero-order valence-corrected chi connectivity index (χ0v) is 19.7. The van der Waals surface area contributed by atoms with Gasteiger partial charge in [-0.15, -0.1) is 0 Å². The van der Waals surface area contributed by atoms with Crippen LogP contribution in [0.15, 0.2) is 36.4 Å². The Morgan fingerprint density at radius 2 is 1.75 bits per heavy atom. The summed E-state index contributed by atoms with van der Waals surface area (Å²) >= 11 is 6.46. The van der Waals surface area contributed by atoms with E-state index in [4.69, 9.17) is 21.1 Å². The normalized spacial score (nSPS) is 12.2. The van der Waals surface area contributed by atoms with Gasteiger partial charge in [0.05, 0.1) is 18.8 Å². The second-order valence-electron chi connectivity index (χ2n) is 7.78. The van der Waals surface area contributed by atoms with Gasteiger partial charge in [0.1, 0.15) is 11.7 Å². The molecule has 1 N–H and O–H groups in total. The average molecular weight is 458 g/mol. The quantitative estimate of drug-likeness (QED) is 0.456. The van der Waals surface area contributed by atoms with E-state index in [1.54, 1.807) is 19.9 Å². The molecule has 0 amide bonds. The van der Waals surface area contributed by atoms with Crippen molar-refractivity contribution in [3.63, 3.8) is 0 Å². The van der Waals surface area contributed by atoms with Crippen molar-refractivity contribution in [2.45, 2.75) is 46.6 Å². The SMILES string of the molecule is CCOC(=O)c1c(C)n(C(C)C)c2cccc(C(C(=O)OCC)c3cc(O)ccc3Cl)c12. The molecule has 0 bridgehead atoms. The molecule has 1 atom stereocenters. The van der Waals surface area contributed by atoms with Crippen molar-refractivity contribution in [1.29, 1.82) is 0 Å². The van der Waals surface area contributed by atoms with Gasteiger partial charge in [0.25, 0.3) is 0 Å². The van der Waals surface area contributed by atoms with Gasteiger partial charge in [-0.25, -0.2) is 4.79 Å². The van der Waals surface area contributed by atoms with Crippen LogP contribution in [0.4, 0.5) is 0 Å². The van der Waals surface area contributed by atoms with E-state index in [0.717, 1.165) is 11.2 Å².